The lowest BCUT2D eigenvalue weighted by Gasteiger charge is -2.36. The van der Waals surface area contributed by atoms with Crippen molar-refractivity contribution in [2.75, 3.05) is 66.8 Å². The number of carbonyl (C=O) groups is 2. The molecule has 1 saturated carbocycles. The predicted molar refractivity (Wildman–Crippen MR) is 211 cm³/mol. The lowest BCUT2D eigenvalue weighted by atomic mass is 10.0. The van der Waals surface area contributed by atoms with Gasteiger partial charge in [0.15, 0.2) is 5.82 Å². The van der Waals surface area contributed by atoms with E-state index in [1.54, 1.807) is 18.2 Å². The molecule has 2 fully saturated rings. The van der Waals surface area contributed by atoms with Gasteiger partial charge < -0.3 is 26.0 Å². The van der Waals surface area contributed by atoms with Crippen molar-refractivity contribution in [2.24, 2.45) is 11.7 Å². The molecule has 11 nitrogen and oxygen atoms in total. The van der Waals surface area contributed by atoms with Crippen LogP contribution in [0.15, 0.2) is 55.2 Å². The van der Waals surface area contributed by atoms with Crippen LogP contribution in [0.25, 0.3) is 5.57 Å². The molecule has 2 amide bonds. The Kier molecular flexibility index (Phi) is 13.1. The van der Waals surface area contributed by atoms with Crippen LogP contribution in [0.5, 0.6) is 5.75 Å². The first-order valence-electron chi connectivity index (χ1n) is 19.3. The van der Waals surface area contributed by atoms with E-state index in [2.05, 4.69) is 44.1 Å². The Morgan fingerprint density at radius 3 is 2.33 bits per heavy atom. The molecule has 0 radical (unpaired) electrons. The van der Waals surface area contributed by atoms with Crippen molar-refractivity contribution in [3.63, 3.8) is 0 Å². The number of hydrogen-bond donors (Lipinski definition) is 3. The maximum atomic E-state index is 13.4. The molecule has 3 heterocycles. The quantitative estimate of drug-likeness (QED) is 0.108. The Morgan fingerprint density at radius 1 is 0.923 bits per heavy atom. The zero-order valence-corrected chi connectivity index (χ0v) is 30.9. The van der Waals surface area contributed by atoms with E-state index in [4.69, 9.17) is 15.5 Å². The number of hydrogen-bond acceptors (Lipinski definition) is 9. The van der Waals surface area contributed by atoms with Crippen LogP contribution in [0.3, 0.4) is 0 Å². The lowest BCUT2D eigenvalue weighted by Crippen LogP contribution is -2.46. The summed E-state index contributed by atoms with van der Waals surface area (Å²) < 4.78 is 5.82. The number of aromatic nitrogens is 2. The maximum absolute atomic E-state index is 13.4. The Bertz CT molecular complexity index is 1680. The van der Waals surface area contributed by atoms with E-state index in [0.717, 1.165) is 56.9 Å². The molecule has 4 N–H and O–H groups in total. The fourth-order valence-corrected chi connectivity index (χ4v) is 7.13. The summed E-state index contributed by atoms with van der Waals surface area (Å²) in [5, 5.41) is 6.30. The molecule has 6 rings (SSSR count). The molecule has 0 atom stereocenters. The molecule has 1 saturated heterocycles. The molecule has 0 bridgehead atoms. The van der Waals surface area contributed by atoms with Gasteiger partial charge in [0.1, 0.15) is 5.75 Å². The van der Waals surface area contributed by atoms with Crippen molar-refractivity contribution in [1.29, 1.82) is 0 Å². The second-order valence-corrected chi connectivity index (χ2v) is 14.4. The number of nitrogens with two attached hydrogens (primary N) is 1. The molecule has 3 aliphatic rings. The van der Waals surface area contributed by atoms with Gasteiger partial charge in [-0.2, -0.15) is 4.98 Å². The molecule has 2 aliphatic heterocycles. The summed E-state index contributed by atoms with van der Waals surface area (Å²) in [6.45, 7) is 10.2. The number of unbranched alkanes of at least 4 members (excludes halogenated alkanes) is 9. The molecular weight excluding hydrogens is 653 g/mol. The highest BCUT2D eigenvalue weighted by atomic mass is 16.5. The van der Waals surface area contributed by atoms with Crippen LogP contribution in [-0.2, 0) is 9.59 Å². The number of carbonyl (C=O) groups excluding carboxylic acids is 2. The van der Waals surface area contributed by atoms with Gasteiger partial charge >= 0.3 is 0 Å². The smallest absolute Gasteiger partial charge is 0.237 e. The monoisotopic (exact) mass is 708 g/mol. The molecule has 0 unspecified atom stereocenters. The number of nitrogens with one attached hydrogen (secondary N) is 2. The van der Waals surface area contributed by atoms with Crippen molar-refractivity contribution in [1.82, 2.24) is 14.9 Å². The van der Waals surface area contributed by atoms with Crippen molar-refractivity contribution < 1.29 is 14.3 Å². The van der Waals surface area contributed by atoms with Gasteiger partial charge in [-0.25, -0.2) is 4.98 Å². The minimum atomic E-state index is -0.148. The average Bonchev–Trinajstić information content (AvgIpc) is 4.01. The fraction of sp³-hybridized carbons (Fsp3) is 0.512. The van der Waals surface area contributed by atoms with Crippen LogP contribution in [0.2, 0.25) is 0 Å². The van der Waals surface area contributed by atoms with Gasteiger partial charge in [-0.05, 0) is 74.7 Å². The summed E-state index contributed by atoms with van der Waals surface area (Å²) in [4.78, 5) is 41.8. The van der Waals surface area contributed by atoms with Crippen molar-refractivity contribution in [2.45, 2.75) is 83.5 Å². The second-order valence-electron chi connectivity index (χ2n) is 14.4. The number of methoxy groups -OCH3 is 1. The summed E-state index contributed by atoms with van der Waals surface area (Å²) in [5.74, 6) is 1.41. The largest absolute Gasteiger partial charge is 0.494 e. The minimum Gasteiger partial charge on any atom is -0.494 e. The van der Waals surface area contributed by atoms with Crippen molar-refractivity contribution >= 4 is 51.9 Å². The third-order valence-corrected chi connectivity index (χ3v) is 10.4. The van der Waals surface area contributed by atoms with Crippen LogP contribution in [0, 0.1) is 5.92 Å². The molecule has 3 aromatic rings. The third-order valence-electron chi connectivity index (χ3n) is 10.4. The zero-order chi connectivity index (χ0) is 36.3. The molecule has 1 aromatic heterocycles. The lowest BCUT2D eigenvalue weighted by molar-refractivity contribution is -0.118. The highest BCUT2D eigenvalue weighted by Crippen LogP contribution is 2.40. The van der Waals surface area contributed by atoms with E-state index in [1.165, 1.54) is 70.8 Å². The molecule has 1 aliphatic carbocycles. The Labute approximate surface area is 309 Å². The number of fused-ring (bicyclic) bond motifs is 1. The Balaban J connectivity index is 1.02. The summed E-state index contributed by atoms with van der Waals surface area (Å²) in [7, 11) is 1.67. The highest BCUT2D eigenvalue weighted by molar-refractivity contribution is 6.10. The first-order chi connectivity index (χ1) is 25.4. The molecule has 52 heavy (non-hydrogen) atoms. The number of ether oxygens (including phenoxy) is 1. The maximum Gasteiger partial charge on any atom is 0.237 e. The summed E-state index contributed by atoms with van der Waals surface area (Å²) >= 11 is 0. The van der Waals surface area contributed by atoms with Crippen LogP contribution in [0.4, 0.5) is 34.5 Å². The molecule has 11 heteroatoms. The third kappa shape index (κ3) is 9.89. The molecule has 278 valence electrons. The Hall–Kier alpha value is -4.48. The average molecular weight is 709 g/mol. The van der Waals surface area contributed by atoms with Gasteiger partial charge in [0.25, 0.3) is 0 Å². The van der Waals surface area contributed by atoms with E-state index < -0.39 is 0 Å². The summed E-state index contributed by atoms with van der Waals surface area (Å²) in [6, 6.07) is 13.5. The number of piperazine rings is 1. The van der Waals surface area contributed by atoms with E-state index >= 15 is 0 Å². The highest BCUT2D eigenvalue weighted by Gasteiger charge is 2.32. The number of rotatable bonds is 19. The number of anilines is 6. The van der Waals surface area contributed by atoms with Crippen LogP contribution >= 0.6 is 0 Å². The Morgan fingerprint density at radius 2 is 1.63 bits per heavy atom. The van der Waals surface area contributed by atoms with E-state index in [-0.39, 0.29) is 24.2 Å². The number of benzene rings is 2. The normalized spacial score (nSPS) is 16.2. The SMILES string of the molecule is C=C1CC(=O)N(c2cccc(NC(=O)C3CC3)c2)c2nc(Nc3ccc(N4CCN(CCCCCCCCCCCCN)CC4)cc3OC)ncc21. The van der Waals surface area contributed by atoms with Gasteiger partial charge in [0.2, 0.25) is 17.8 Å². The fourth-order valence-electron chi connectivity index (χ4n) is 7.13. The first kappa shape index (κ1) is 37.3. The van der Waals surface area contributed by atoms with E-state index in [9.17, 15) is 9.59 Å². The van der Waals surface area contributed by atoms with Gasteiger partial charge in [-0.1, -0.05) is 64.0 Å². The van der Waals surface area contributed by atoms with Gasteiger partial charge in [0, 0.05) is 61.3 Å². The van der Waals surface area contributed by atoms with Gasteiger partial charge in [-0.3, -0.25) is 19.4 Å². The van der Waals surface area contributed by atoms with Gasteiger partial charge in [0.05, 0.1) is 24.9 Å². The summed E-state index contributed by atoms with van der Waals surface area (Å²) in [6.07, 6.45) is 16.9. The minimum absolute atomic E-state index is 0.0134. The first-order valence-corrected chi connectivity index (χ1v) is 19.3. The topological polar surface area (TPSA) is 129 Å². The molecule has 2 aromatic carbocycles. The predicted octanol–water partition coefficient (Wildman–Crippen LogP) is 7.64. The summed E-state index contributed by atoms with van der Waals surface area (Å²) in [5.41, 5.74) is 10.1. The zero-order valence-electron chi connectivity index (χ0n) is 30.9. The van der Waals surface area contributed by atoms with E-state index in [0.29, 0.717) is 40.0 Å². The van der Waals surface area contributed by atoms with Crippen molar-refractivity contribution in [3.8, 4) is 5.75 Å². The van der Waals surface area contributed by atoms with Gasteiger partial charge in [-0.15, -0.1) is 0 Å². The van der Waals surface area contributed by atoms with Crippen LogP contribution < -0.4 is 30.9 Å². The van der Waals surface area contributed by atoms with E-state index in [1.807, 2.05) is 30.3 Å². The van der Waals surface area contributed by atoms with Crippen LogP contribution in [-0.4, -0.2) is 73.1 Å². The van der Waals surface area contributed by atoms with Crippen LogP contribution in [0.1, 0.15) is 89.0 Å². The molecule has 0 spiro atoms. The number of nitrogens with zero attached hydrogens (tertiary/aromatic N) is 5. The number of amides is 2. The second kappa shape index (κ2) is 18.3. The molecular formula is C41H56N8O3. The van der Waals surface area contributed by atoms with Crippen molar-refractivity contribution in [3.05, 3.63) is 60.8 Å². The standard InChI is InChI=1S/C41H56N8O3/c1-30-26-38(50)49(34-15-13-14-32(27-34)44-40(51)31-16-17-31)39-35(30)29-43-41(46-39)45-36-19-18-33(28-37(36)52-2)48-24-22-47(23-25-48)21-12-10-8-6-4-3-5-7-9-11-20-42/h13-15,18-19,27-29,31H,1,3-12,16-17,20-26,42H2,2H3,(H,44,51)(H,43,45,46).